The van der Waals surface area contributed by atoms with Crippen molar-refractivity contribution in [3.05, 3.63) is 20.7 Å². The topological polar surface area (TPSA) is 77.4 Å². The second-order valence-corrected chi connectivity index (χ2v) is 4.36. The number of esters is 1. The second kappa shape index (κ2) is 5.62. The van der Waals surface area contributed by atoms with Gasteiger partial charge in [-0.2, -0.15) is 0 Å². The molecule has 7 heteroatoms. The zero-order chi connectivity index (χ0) is 13.0. The van der Waals surface area contributed by atoms with Crippen LogP contribution in [-0.4, -0.2) is 29.6 Å². The van der Waals surface area contributed by atoms with Gasteiger partial charge in [-0.25, -0.2) is 4.79 Å². The van der Waals surface area contributed by atoms with Crippen molar-refractivity contribution in [1.29, 1.82) is 0 Å². The number of nitrogens with one attached hydrogen (secondary N) is 1. The maximum absolute atomic E-state index is 11.6. The van der Waals surface area contributed by atoms with Crippen LogP contribution in [0.5, 0.6) is 0 Å². The molecule has 1 aromatic heterocycles. The Kier molecular flexibility index (Phi) is 4.45. The summed E-state index contributed by atoms with van der Waals surface area (Å²) in [6.45, 7) is 3.18. The molecular formula is C10H14N2O4S. The molecule has 1 heterocycles. The van der Waals surface area contributed by atoms with Crippen LogP contribution < -0.4 is 10.2 Å². The van der Waals surface area contributed by atoms with Crippen LogP contribution in [0, 0.1) is 6.92 Å². The minimum absolute atomic E-state index is 0.0878. The van der Waals surface area contributed by atoms with Crippen molar-refractivity contribution < 1.29 is 14.3 Å². The van der Waals surface area contributed by atoms with Gasteiger partial charge in [0.05, 0.1) is 7.11 Å². The van der Waals surface area contributed by atoms with Gasteiger partial charge in [-0.3, -0.25) is 14.2 Å². The molecule has 0 bridgehead atoms. The lowest BCUT2D eigenvalue weighted by molar-refractivity contribution is -0.144. The lowest BCUT2D eigenvalue weighted by atomic mass is 10.3. The first-order chi connectivity index (χ1) is 7.95. The lowest BCUT2D eigenvalue weighted by Crippen LogP contribution is -2.41. The summed E-state index contributed by atoms with van der Waals surface area (Å²) in [5.41, 5.74) is 0.723. The predicted molar refractivity (Wildman–Crippen MR) is 62.9 cm³/mol. The third-order valence-corrected chi connectivity index (χ3v) is 3.09. The zero-order valence-corrected chi connectivity index (χ0v) is 10.7. The molecular weight excluding hydrogens is 244 g/mol. The molecule has 0 radical (unpaired) electrons. The Morgan fingerprint density at radius 1 is 1.59 bits per heavy atom. The van der Waals surface area contributed by atoms with E-state index < -0.39 is 17.9 Å². The largest absolute Gasteiger partial charge is 0.467 e. The molecule has 0 aliphatic rings. The van der Waals surface area contributed by atoms with Crippen LogP contribution in [0.4, 0.5) is 0 Å². The number of methoxy groups -OCH3 is 1. The zero-order valence-electron chi connectivity index (χ0n) is 9.85. The number of amides is 1. The molecule has 17 heavy (non-hydrogen) atoms. The van der Waals surface area contributed by atoms with Crippen molar-refractivity contribution in [2.24, 2.45) is 0 Å². The Balaban J connectivity index is 2.62. The molecule has 1 amide bonds. The van der Waals surface area contributed by atoms with Crippen LogP contribution in [-0.2, 0) is 20.9 Å². The summed E-state index contributed by atoms with van der Waals surface area (Å²) in [5.74, 6) is -0.917. The minimum Gasteiger partial charge on any atom is -0.467 e. The fourth-order valence-electron chi connectivity index (χ4n) is 1.26. The summed E-state index contributed by atoms with van der Waals surface area (Å²) in [5, 5.41) is 4.13. The number of nitrogens with zero attached hydrogens (tertiary/aromatic N) is 1. The molecule has 94 valence electrons. The number of carbonyl (C=O) groups excluding carboxylic acids is 2. The van der Waals surface area contributed by atoms with Gasteiger partial charge in [0.25, 0.3) is 0 Å². The molecule has 0 saturated carbocycles. The molecule has 1 aromatic rings. The van der Waals surface area contributed by atoms with Crippen molar-refractivity contribution in [3.8, 4) is 0 Å². The van der Waals surface area contributed by atoms with Crippen molar-refractivity contribution in [3.63, 3.8) is 0 Å². The number of thiazole rings is 1. The van der Waals surface area contributed by atoms with Crippen LogP contribution >= 0.6 is 11.3 Å². The molecule has 0 fully saturated rings. The highest BCUT2D eigenvalue weighted by atomic mass is 32.1. The number of hydrogen-bond acceptors (Lipinski definition) is 5. The smallest absolute Gasteiger partial charge is 0.328 e. The Morgan fingerprint density at radius 2 is 2.24 bits per heavy atom. The van der Waals surface area contributed by atoms with E-state index in [4.69, 9.17) is 0 Å². The molecule has 0 aromatic carbocycles. The van der Waals surface area contributed by atoms with E-state index in [1.54, 1.807) is 12.3 Å². The molecule has 1 unspecified atom stereocenters. The first-order valence-corrected chi connectivity index (χ1v) is 5.85. The van der Waals surface area contributed by atoms with E-state index in [9.17, 15) is 14.4 Å². The van der Waals surface area contributed by atoms with E-state index in [2.05, 4.69) is 10.1 Å². The number of rotatable bonds is 4. The SMILES string of the molecule is COC(=O)C(C)NC(=O)Cn1c(C)csc1=O. The number of hydrogen-bond donors (Lipinski definition) is 1. The molecule has 0 spiro atoms. The van der Waals surface area contributed by atoms with Gasteiger partial charge in [0.2, 0.25) is 5.91 Å². The van der Waals surface area contributed by atoms with Gasteiger partial charge in [-0.05, 0) is 13.8 Å². The molecule has 0 aliphatic heterocycles. The maximum Gasteiger partial charge on any atom is 0.328 e. The summed E-state index contributed by atoms with van der Waals surface area (Å²) >= 11 is 1.04. The van der Waals surface area contributed by atoms with Crippen LogP contribution in [0.3, 0.4) is 0 Å². The quantitative estimate of drug-likeness (QED) is 0.765. The molecule has 1 atom stereocenters. The minimum atomic E-state index is -0.720. The Hall–Kier alpha value is -1.63. The van der Waals surface area contributed by atoms with E-state index >= 15 is 0 Å². The third-order valence-electron chi connectivity index (χ3n) is 2.21. The van der Waals surface area contributed by atoms with E-state index in [0.29, 0.717) is 0 Å². The standard InChI is InChI=1S/C10H14N2O4S/c1-6-5-17-10(15)12(6)4-8(13)11-7(2)9(14)16-3/h5,7H,4H2,1-3H3,(H,11,13). The number of ether oxygens (including phenoxy) is 1. The van der Waals surface area contributed by atoms with Crippen LogP contribution in [0.25, 0.3) is 0 Å². The highest BCUT2D eigenvalue weighted by Crippen LogP contribution is 1.99. The first kappa shape index (κ1) is 13.4. The number of aryl methyl sites for hydroxylation is 1. The monoisotopic (exact) mass is 258 g/mol. The molecule has 1 N–H and O–H groups in total. The van der Waals surface area contributed by atoms with Gasteiger partial charge in [0.1, 0.15) is 12.6 Å². The number of aromatic nitrogens is 1. The molecule has 0 saturated heterocycles. The van der Waals surface area contributed by atoms with E-state index in [-0.39, 0.29) is 11.4 Å². The van der Waals surface area contributed by atoms with Crippen molar-refractivity contribution in [2.45, 2.75) is 26.4 Å². The average Bonchev–Trinajstić information content (AvgIpc) is 2.59. The Bertz CT molecular complexity index is 477. The van der Waals surface area contributed by atoms with Crippen molar-refractivity contribution >= 4 is 23.2 Å². The first-order valence-electron chi connectivity index (χ1n) is 4.97. The van der Waals surface area contributed by atoms with Gasteiger partial charge in [-0.15, -0.1) is 0 Å². The summed E-state index contributed by atoms with van der Waals surface area (Å²) < 4.78 is 5.83. The Labute approximate surface area is 102 Å². The summed E-state index contributed by atoms with van der Waals surface area (Å²) in [6.07, 6.45) is 0. The average molecular weight is 258 g/mol. The highest BCUT2D eigenvalue weighted by molar-refractivity contribution is 7.07. The van der Waals surface area contributed by atoms with Crippen LogP contribution in [0.1, 0.15) is 12.6 Å². The van der Waals surface area contributed by atoms with Crippen LogP contribution in [0.15, 0.2) is 10.2 Å². The molecule has 0 aliphatic carbocycles. The highest BCUT2D eigenvalue weighted by Gasteiger charge is 2.16. The second-order valence-electron chi connectivity index (χ2n) is 3.54. The van der Waals surface area contributed by atoms with Gasteiger partial charge in [-0.1, -0.05) is 11.3 Å². The van der Waals surface area contributed by atoms with Gasteiger partial charge in [0, 0.05) is 11.1 Å². The van der Waals surface area contributed by atoms with E-state index in [1.807, 2.05) is 0 Å². The summed E-state index contributed by atoms with van der Waals surface area (Å²) in [6, 6.07) is -0.720. The fourth-order valence-corrected chi connectivity index (χ4v) is 2.00. The maximum atomic E-state index is 11.6. The third kappa shape index (κ3) is 3.42. The lowest BCUT2D eigenvalue weighted by Gasteiger charge is -2.11. The van der Waals surface area contributed by atoms with Gasteiger partial charge < -0.3 is 10.1 Å². The van der Waals surface area contributed by atoms with Gasteiger partial charge >= 0.3 is 10.8 Å². The van der Waals surface area contributed by atoms with Crippen molar-refractivity contribution in [1.82, 2.24) is 9.88 Å². The van der Waals surface area contributed by atoms with E-state index in [1.165, 1.54) is 18.6 Å². The fraction of sp³-hybridized carbons (Fsp3) is 0.500. The molecule has 6 nitrogen and oxygen atoms in total. The van der Waals surface area contributed by atoms with Gasteiger partial charge in [0.15, 0.2) is 0 Å². The van der Waals surface area contributed by atoms with Crippen molar-refractivity contribution in [2.75, 3.05) is 7.11 Å². The summed E-state index contributed by atoms with van der Waals surface area (Å²) in [7, 11) is 1.25. The predicted octanol–water partition coefficient (Wildman–Crippen LogP) is -0.104. The normalized spacial score (nSPS) is 11.9. The Morgan fingerprint density at radius 3 is 2.71 bits per heavy atom. The molecule has 1 rings (SSSR count). The van der Waals surface area contributed by atoms with E-state index in [0.717, 1.165) is 17.0 Å². The summed E-state index contributed by atoms with van der Waals surface area (Å²) in [4.78, 5) is 33.8. The van der Waals surface area contributed by atoms with Crippen LogP contribution in [0.2, 0.25) is 0 Å². The number of carbonyl (C=O) groups is 2.